The van der Waals surface area contributed by atoms with Crippen LogP contribution in [0.1, 0.15) is 19.8 Å². The Bertz CT molecular complexity index is 141. The van der Waals surface area contributed by atoms with E-state index in [0.717, 1.165) is 25.9 Å². The van der Waals surface area contributed by atoms with Gasteiger partial charge in [-0.3, -0.25) is 4.79 Å². The molecule has 1 saturated heterocycles. The summed E-state index contributed by atoms with van der Waals surface area (Å²) in [5, 5.41) is 8.72. The largest absolute Gasteiger partial charge is 0.396 e. The number of carbonyl (C=O) groups is 1. The molecule has 0 spiro atoms. The van der Waals surface area contributed by atoms with Crippen LogP contribution in [0, 0.1) is 5.92 Å². The predicted octanol–water partition coefficient (Wildman–Crippen LogP) is 0.237. The quantitative estimate of drug-likeness (QED) is 0.623. The Balaban J connectivity index is 2.39. The zero-order valence-corrected chi connectivity index (χ0v) is 6.92. The van der Waals surface area contributed by atoms with E-state index in [4.69, 9.17) is 5.11 Å². The topological polar surface area (TPSA) is 40.5 Å². The number of rotatable bonds is 2. The number of aliphatic hydroxyl groups excluding tert-OH is 1. The van der Waals surface area contributed by atoms with Crippen molar-refractivity contribution < 1.29 is 9.90 Å². The average molecular weight is 157 g/mol. The van der Waals surface area contributed by atoms with Gasteiger partial charge in [-0.15, -0.1) is 0 Å². The second-order valence-electron chi connectivity index (χ2n) is 3.12. The number of hydrogen-bond acceptors (Lipinski definition) is 2. The van der Waals surface area contributed by atoms with Gasteiger partial charge in [0, 0.05) is 13.1 Å². The molecule has 64 valence electrons. The molecule has 1 unspecified atom stereocenters. The molecule has 0 aromatic rings. The third-order valence-corrected chi connectivity index (χ3v) is 2.11. The summed E-state index contributed by atoms with van der Waals surface area (Å²) in [4.78, 5) is 13.2. The maximum atomic E-state index is 11.3. The van der Waals surface area contributed by atoms with Crippen LogP contribution in [-0.2, 0) is 4.79 Å². The maximum absolute atomic E-state index is 11.3. The van der Waals surface area contributed by atoms with E-state index in [2.05, 4.69) is 0 Å². The lowest BCUT2D eigenvalue weighted by Crippen LogP contribution is -2.33. The van der Waals surface area contributed by atoms with Gasteiger partial charge in [-0.05, 0) is 12.8 Å². The monoisotopic (exact) mass is 157 g/mol. The van der Waals surface area contributed by atoms with Crippen molar-refractivity contribution in [3.05, 3.63) is 0 Å². The zero-order valence-electron chi connectivity index (χ0n) is 6.92. The molecule has 0 bridgehead atoms. The van der Waals surface area contributed by atoms with Crippen LogP contribution >= 0.6 is 0 Å². The summed E-state index contributed by atoms with van der Waals surface area (Å²) >= 11 is 0. The first-order valence-corrected chi connectivity index (χ1v) is 4.15. The SMILES string of the molecule is CC(CO)C(=O)N1CCCC1. The highest BCUT2D eigenvalue weighted by atomic mass is 16.3. The number of hydrogen-bond donors (Lipinski definition) is 1. The molecule has 0 aliphatic carbocycles. The predicted molar refractivity (Wildman–Crippen MR) is 42.1 cm³/mol. The van der Waals surface area contributed by atoms with E-state index < -0.39 is 0 Å². The lowest BCUT2D eigenvalue weighted by molar-refractivity contribution is -0.135. The summed E-state index contributed by atoms with van der Waals surface area (Å²) in [5.74, 6) is -0.113. The lowest BCUT2D eigenvalue weighted by atomic mass is 10.2. The van der Waals surface area contributed by atoms with E-state index in [0.29, 0.717) is 0 Å². The van der Waals surface area contributed by atoms with E-state index >= 15 is 0 Å². The van der Waals surface area contributed by atoms with Crippen molar-refractivity contribution >= 4 is 5.91 Å². The minimum Gasteiger partial charge on any atom is -0.396 e. The normalized spacial score (nSPS) is 20.4. The van der Waals surface area contributed by atoms with Crippen molar-refractivity contribution in [1.82, 2.24) is 4.90 Å². The fourth-order valence-corrected chi connectivity index (χ4v) is 1.33. The number of nitrogens with zero attached hydrogens (tertiary/aromatic N) is 1. The Hall–Kier alpha value is -0.570. The van der Waals surface area contributed by atoms with E-state index in [1.807, 2.05) is 4.90 Å². The number of aliphatic hydroxyl groups is 1. The fourth-order valence-electron chi connectivity index (χ4n) is 1.33. The molecule has 1 atom stereocenters. The second kappa shape index (κ2) is 3.72. The van der Waals surface area contributed by atoms with Crippen molar-refractivity contribution in [1.29, 1.82) is 0 Å². The van der Waals surface area contributed by atoms with Crippen molar-refractivity contribution in [3.8, 4) is 0 Å². The van der Waals surface area contributed by atoms with Gasteiger partial charge in [0.1, 0.15) is 0 Å². The van der Waals surface area contributed by atoms with Crippen molar-refractivity contribution in [2.75, 3.05) is 19.7 Å². The minimum atomic E-state index is -0.215. The molecular weight excluding hydrogens is 142 g/mol. The highest BCUT2D eigenvalue weighted by molar-refractivity contribution is 5.78. The number of amides is 1. The van der Waals surface area contributed by atoms with Gasteiger partial charge < -0.3 is 10.0 Å². The van der Waals surface area contributed by atoms with Crippen LogP contribution in [0.2, 0.25) is 0 Å². The first kappa shape index (κ1) is 8.53. The molecule has 3 heteroatoms. The third-order valence-electron chi connectivity index (χ3n) is 2.11. The highest BCUT2D eigenvalue weighted by Crippen LogP contribution is 2.11. The molecule has 3 nitrogen and oxygen atoms in total. The smallest absolute Gasteiger partial charge is 0.227 e. The van der Waals surface area contributed by atoms with Gasteiger partial charge in [0.25, 0.3) is 0 Å². The van der Waals surface area contributed by atoms with Gasteiger partial charge in [0.2, 0.25) is 5.91 Å². The Morgan fingerprint density at radius 1 is 1.55 bits per heavy atom. The van der Waals surface area contributed by atoms with Crippen LogP contribution in [0.4, 0.5) is 0 Å². The molecule has 1 N–H and O–H groups in total. The molecule has 0 radical (unpaired) electrons. The lowest BCUT2D eigenvalue weighted by Gasteiger charge is -2.18. The number of likely N-dealkylation sites (tertiary alicyclic amines) is 1. The molecule has 11 heavy (non-hydrogen) atoms. The molecule has 1 aliphatic rings. The van der Waals surface area contributed by atoms with Crippen LogP contribution in [0.25, 0.3) is 0 Å². The summed E-state index contributed by atoms with van der Waals surface area (Å²) in [5.41, 5.74) is 0. The van der Waals surface area contributed by atoms with Crippen LogP contribution in [0.3, 0.4) is 0 Å². The molecule has 1 aliphatic heterocycles. The highest BCUT2D eigenvalue weighted by Gasteiger charge is 2.21. The molecule has 1 rings (SSSR count). The summed E-state index contributed by atoms with van der Waals surface area (Å²) in [7, 11) is 0. The fraction of sp³-hybridized carbons (Fsp3) is 0.875. The van der Waals surface area contributed by atoms with Crippen LogP contribution in [0.15, 0.2) is 0 Å². The van der Waals surface area contributed by atoms with Crippen molar-refractivity contribution in [2.45, 2.75) is 19.8 Å². The molecule has 0 aromatic carbocycles. The molecule has 1 heterocycles. The molecule has 1 amide bonds. The van der Waals surface area contributed by atoms with Gasteiger partial charge in [0.05, 0.1) is 12.5 Å². The van der Waals surface area contributed by atoms with E-state index in [1.54, 1.807) is 6.92 Å². The molecule has 0 saturated carbocycles. The zero-order chi connectivity index (χ0) is 8.27. The van der Waals surface area contributed by atoms with Crippen molar-refractivity contribution in [3.63, 3.8) is 0 Å². The third kappa shape index (κ3) is 1.93. The maximum Gasteiger partial charge on any atom is 0.227 e. The molecule has 1 fully saturated rings. The number of carbonyl (C=O) groups excluding carboxylic acids is 1. The Kier molecular flexibility index (Phi) is 2.88. The molecule has 0 aromatic heterocycles. The molecular formula is C8H15NO2. The van der Waals surface area contributed by atoms with Crippen LogP contribution in [-0.4, -0.2) is 35.6 Å². The van der Waals surface area contributed by atoms with E-state index in [1.165, 1.54) is 0 Å². The minimum absolute atomic E-state index is 0.0324. The summed E-state index contributed by atoms with van der Waals surface area (Å²) < 4.78 is 0. The van der Waals surface area contributed by atoms with Gasteiger partial charge >= 0.3 is 0 Å². The first-order valence-electron chi connectivity index (χ1n) is 4.15. The van der Waals surface area contributed by atoms with Gasteiger partial charge in [0.15, 0.2) is 0 Å². The van der Waals surface area contributed by atoms with Crippen LogP contribution in [0.5, 0.6) is 0 Å². The van der Waals surface area contributed by atoms with Gasteiger partial charge in [-0.1, -0.05) is 6.92 Å². The average Bonchev–Trinajstić information content (AvgIpc) is 2.53. The van der Waals surface area contributed by atoms with E-state index in [9.17, 15) is 4.79 Å². The van der Waals surface area contributed by atoms with E-state index in [-0.39, 0.29) is 18.4 Å². The Morgan fingerprint density at radius 3 is 2.55 bits per heavy atom. The van der Waals surface area contributed by atoms with Crippen LogP contribution < -0.4 is 0 Å². The summed E-state index contributed by atoms with van der Waals surface area (Å²) in [6.45, 7) is 3.49. The Morgan fingerprint density at radius 2 is 2.09 bits per heavy atom. The van der Waals surface area contributed by atoms with Gasteiger partial charge in [-0.2, -0.15) is 0 Å². The Labute approximate surface area is 67.0 Å². The second-order valence-corrected chi connectivity index (χ2v) is 3.12. The first-order chi connectivity index (χ1) is 5.25. The van der Waals surface area contributed by atoms with Crippen molar-refractivity contribution in [2.24, 2.45) is 5.92 Å². The standard InChI is InChI=1S/C8H15NO2/c1-7(6-10)8(11)9-4-2-3-5-9/h7,10H,2-6H2,1H3. The van der Waals surface area contributed by atoms with Gasteiger partial charge in [-0.25, -0.2) is 0 Å². The summed E-state index contributed by atoms with van der Waals surface area (Å²) in [6, 6.07) is 0. The summed E-state index contributed by atoms with van der Waals surface area (Å²) in [6.07, 6.45) is 2.23.